The van der Waals surface area contributed by atoms with Crippen LogP contribution in [-0.2, 0) is 4.79 Å². The maximum atomic E-state index is 11.6. The lowest BCUT2D eigenvalue weighted by Gasteiger charge is -2.12. The molecule has 0 fully saturated rings. The molecular formula is C10H12ClNO3S. The van der Waals surface area contributed by atoms with Gasteiger partial charge in [-0.25, -0.2) is 4.79 Å². The van der Waals surface area contributed by atoms with Gasteiger partial charge < -0.3 is 10.4 Å². The van der Waals surface area contributed by atoms with Crippen LogP contribution in [0.4, 0.5) is 0 Å². The first-order valence-corrected chi connectivity index (χ1v) is 6.03. The highest BCUT2D eigenvalue weighted by Gasteiger charge is 2.20. The summed E-state index contributed by atoms with van der Waals surface area (Å²) in [5.74, 6) is -1.41. The number of carboxylic acids is 1. The first-order valence-electron chi connectivity index (χ1n) is 4.83. The predicted octanol–water partition coefficient (Wildman–Crippen LogP) is 2.38. The molecule has 1 amide bonds. The Hall–Kier alpha value is -1.07. The summed E-state index contributed by atoms with van der Waals surface area (Å²) >= 11 is 6.82. The lowest BCUT2D eigenvalue weighted by Crippen LogP contribution is -2.40. The normalized spacial score (nSPS) is 12.1. The molecule has 0 aliphatic rings. The van der Waals surface area contributed by atoms with Crippen LogP contribution in [0.15, 0.2) is 12.1 Å². The van der Waals surface area contributed by atoms with Gasteiger partial charge in [-0.2, -0.15) is 0 Å². The van der Waals surface area contributed by atoms with Crippen LogP contribution in [-0.4, -0.2) is 23.0 Å². The van der Waals surface area contributed by atoms with Crippen molar-refractivity contribution < 1.29 is 14.7 Å². The van der Waals surface area contributed by atoms with Gasteiger partial charge in [-0.15, -0.1) is 11.3 Å². The Morgan fingerprint density at radius 1 is 1.56 bits per heavy atom. The van der Waals surface area contributed by atoms with Crippen molar-refractivity contribution >= 4 is 34.8 Å². The minimum Gasteiger partial charge on any atom is -0.480 e. The zero-order valence-corrected chi connectivity index (χ0v) is 10.3. The van der Waals surface area contributed by atoms with E-state index in [1.807, 2.05) is 6.92 Å². The Morgan fingerprint density at radius 2 is 2.25 bits per heavy atom. The van der Waals surface area contributed by atoms with Crippen molar-refractivity contribution in [2.24, 2.45) is 0 Å². The van der Waals surface area contributed by atoms with Crippen LogP contribution in [0.25, 0.3) is 0 Å². The Kier molecular flexibility index (Phi) is 4.76. The third-order valence-electron chi connectivity index (χ3n) is 1.98. The molecule has 4 nitrogen and oxygen atoms in total. The monoisotopic (exact) mass is 261 g/mol. The summed E-state index contributed by atoms with van der Waals surface area (Å²) in [7, 11) is 0. The number of carboxylic acid groups (broad SMARTS) is 1. The van der Waals surface area contributed by atoms with Gasteiger partial charge in [0.1, 0.15) is 6.04 Å². The standard InChI is InChI=1S/C10H12ClNO3S/c1-2-3-6(10(14)15)12-9(13)7-4-5-8(11)16-7/h4-6H,2-3H2,1H3,(H,12,13)(H,14,15). The number of hydrogen-bond donors (Lipinski definition) is 2. The van der Waals surface area contributed by atoms with E-state index in [-0.39, 0.29) is 0 Å². The number of nitrogens with one attached hydrogen (secondary N) is 1. The van der Waals surface area contributed by atoms with Crippen molar-refractivity contribution in [3.63, 3.8) is 0 Å². The fourth-order valence-corrected chi connectivity index (χ4v) is 2.16. The summed E-state index contributed by atoms with van der Waals surface area (Å²) in [6.45, 7) is 1.87. The van der Waals surface area contributed by atoms with Crippen LogP contribution in [0.2, 0.25) is 4.34 Å². The number of carbonyl (C=O) groups excluding carboxylic acids is 1. The molecule has 2 N–H and O–H groups in total. The van der Waals surface area contributed by atoms with E-state index in [2.05, 4.69) is 5.32 Å². The highest BCUT2D eigenvalue weighted by Crippen LogP contribution is 2.21. The minimum atomic E-state index is -1.02. The molecule has 0 saturated carbocycles. The van der Waals surface area contributed by atoms with Crippen molar-refractivity contribution in [2.75, 3.05) is 0 Å². The number of halogens is 1. The molecule has 1 atom stereocenters. The molecule has 0 bridgehead atoms. The highest BCUT2D eigenvalue weighted by molar-refractivity contribution is 7.18. The molecule has 1 rings (SSSR count). The number of carbonyl (C=O) groups is 2. The second-order valence-electron chi connectivity index (χ2n) is 3.26. The van der Waals surface area contributed by atoms with E-state index in [4.69, 9.17) is 16.7 Å². The average molecular weight is 262 g/mol. The molecule has 88 valence electrons. The Labute approximate surface area is 102 Å². The summed E-state index contributed by atoms with van der Waals surface area (Å²) in [5, 5.41) is 11.3. The molecule has 0 saturated heterocycles. The number of aliphatic carboxylic acids is 1. The fraction of sp³-hybridized carbons (Fsp3) is 0.400. The Balaban J connectivity index is 2.65. The molecule has 1 aromatic heterocycles. The van der Waals surface area contributed by atoms with Crippen molar-refractivity contribution in [2.45, 2.75) is 25.8 Å². The van der Waals surface area contributed by atoms with Crippen LogP contribution in [0.3, 0.4) is 0 Å². The topological polar surface area (TPSA) is 66.4 Å². The van der Waals surface area contributed by atoms with Crippen LogP contribution in [0, 0.1) is 0 Å². The lowest BCUT2D eigenvalue weighted by atomic mass is 10.1. The van der Waals surface area contributed by atoms with Gasteiger partial charge in [0.25, 0.3) is 5.91 Å². The predicted molar refractivity (Wildman–Crippen MR) is 63.1 cm³/mol. The van der Waals surface area contributed by atoms with Gasteiger partial charge in [0.2, 0.25) is 0 Å². The third-order valence-corrected chi connectivity index (χ3v) is 3.21. The van der Waals surface area contributed by atoms with Gasteiger partial charge in [0, 0.05) is 0 Å². The first-order chi connectivity index (χ1) is 7.54. The second kappa shape index (κ2) is 5.86. The van der Waals surface area contributed by atoms with Crippen LogP contribution >= 0.6 is 22.9 Å². The minimum absolute atomic E-state index is 0.391. The van der Waals surface area contributed by atoms with Crippen molar-refractivity contribution in [3.8, 4) is 0 Å². The molecule has 0 aliphatic carbocycles. The molecule has 0 radical (unpaired) electrons. The summed E-state index contributed by atoms with van der Waals surface area (Å²) in [5.41, 5.74) is 0. The van der Waals surface area contributed by atoms with Gasteiger partial charge >= 0.3 is 5.97 Å². The van der Waals surface area contributed by atoms with Crippen LogP contribution in [0.5, 0.6) is 0 Å². The van der Waals surface area contributed by atoms with Gasteiger partial charge in [-0.05, 0) is 18.6 Å². The van der Waals surface area contributed by atoms with E-state index in [1.165, 1.54) is 0 Å². The van der Waals surface area contributed by atoms with E-state index in [0.717, 1.165) is 11.3 Å². The number of thiophene rings is 1. The van der Waals surface area contributed by atoms with Crippen molar-refractivity contribution in [3.05, 3.63) is 21.3 Å². The molecule has 0 aliphatic heterocycles. The molecule has 1 aromatic rings. The molecule has 0 aromatic carbocycles. The number of amides is 1. The molecule has 1 heterocycles. The largest absolute Gasteiger partial charge is 0.480 e. The maximum absolute atomic E-state index is 11.6. The second-order valence-corrected chi connectivity index (χ2v) is 4.97. The SMILES string of the molecule is CCCC(NC(=O)c1ccc(Cl)s1)C(=O)O. The van der Waals surface area contributed by atoms with E-state index >= 15 is 0 Å². The maximum Gasteiger partial charge on any atom is 0.326 e. The smallest absolute Gasteiger partial charge is 0.326 e. The lowest BCUT2D eigenvalue weighted by molar-refractivity contribution is -0.139. The van der Waals surface area contributed by atoms with Crippen molar-refractivity contribution in [1.82, 2.24) is 5.32 Å². The molecular weight excluding hydrogens is 250 g/mol. The van der Waals surface area contributed by atoms with Gasteiger partial charge in [0.05, 0.1) is 9.21 Å². The van der Waals surface area contributed by atoms with Gasteiger partial charge in [0.15, 0.2) is 0 Å². The summed E-state index contributed by atoms with van der Waals surface area (Å²) < 4.78 is 0.507. The van der Waals surface area contributed by atoms with E-state index in [0.29, 0.717) is 22.1 Å². The van der Waals surface area contributed by atoms with Crippen LogP contribution < -0.4 is 5.32 Å². The fourth-order valence-electron chi connectivity index (χ4n) is 1.21. The molecule has 16 heavy (non-hydrogen) atoms. The van der Waals surface area contributed by atoms with E-state index in [1.54, 1.807) is 12.1 Å². The quantitative estimate of drug-likeness (QED) is 0.855. The zero-order chi connectivity index (χ0) is 12.1. The summed E-state index contributed by atoms with van der Waals surface area (Å²) in [6, 6.07) is 2.35. The average Bonchev–Trinajstić information content (AvgIpc) is 2.64. The molecule has 6 heteroatoms. The highest BCUT2D eigenvalue weighted by atomic mass is 35.5. The molecule has 1 unspecified atom stereocenters. The van der Waals surface area contributed by atoms with E-state index in [9.17, 15) is 9.59 Å². The number of hydrogen-bond acceptors (Lipinski definition) is 3. The van der Waals surface area contributed by atoms with Gasteiger partial charge in [-0.3, -0.25) is 4.79 Å². The van der Waals surface area contributed by atoms with Crippen LogP contribution in [0.1, 0.15) is 29.4 Å². The Bertz CT molecular complexity index is 391. The summed E-state index contributed by atoms with van der Waals surface area (Å²) in [6.07, 6.45) is 1.11. The van der Waals surface area contributed by atoms with E-state index < -0.39 is 17.9 Å². The third kappa shape index (κ3) is 3.50. The molecule has 0 spiro atoms. The Morgan fingerprint density at radius 3 is 2.69 bits per heavy atom. The zero-order valence-electron chi connectivity index (χ0n) is 8.70. The number of rotatable bonds is 5. The van der Waals surface area contributed by atoms with Crippen molar-refractivity contribution in [1.29, 1.82) is 0 Å². The first kappa shape index (κ1) is 13.0. The van der Waals surface area contributed by atoms with Gasteiger partial charge in [-0.1, -0.05) is 24.9 Å². The summed E-state index contributed by atoms with van der Waals surface area (Å²) in [4.78, 5) is 22.9.